The fourth-order valence-corrected chi connectivity index (χ4v) is 3.25. The van der Waals surface area contributed by atoms with E-state index in [0.717, 1.165) is 12.5 Å². The van der Waals surface area contributed by atoms with E-state index in [2.05, 4.69) is 4.72 Å². The highest BCUT2D eigenvalue weighted by molar-refractivity contribution is 7.89. The molecule has 0 radical (unpaired) electrons. The van der Waals surface area contributed by atoms with Gasteiger partial charge in [0.25, 0.3) is 0 Å². The Balaban J connectivity index is 2.39. The molecule has 0 spiro atoms. The van der Waals surface area contributed by atoms with Gasteiger partial charge in [-0.3, -0.25) is 0 Å². The van der Waals surface area contributed by atoms with E-state index in [4.69, 9.17) is 5.73 Å². The number of sulfonamides is 1. The van der Waals surface area contributed by atoms with E-state index in [0.29, 0.717) is 5.92 Å². The summed E-state index contributed by atoms with van der Waals surface area (Å²) in [5.41, 5.74) is 6.01. The lowest BCUT2D eigenvalue weighted by atomic mass is 10.2. The van der Waals surface area contributed by atoms with Crippen LogP contribution < -0.4 is 10.5 Å². The van der Waals surface area contributed by atoms with E-state index in [1.165, 1.54) is 13.0 Å². The third-order valence-electron chi connectivity index (χ3n) is 2.95. The zero-order valence-electron chi connectivity index (χ0n) is 9.70. The first-order chi connectivity index (χ1) is 7.81. The number of hydrogen-bond acceptors (Lipinski definition) is 3. The van der Waals surface area contributed by atoms with Gasteiger partial charge in [0.1, 0.15) is 10.7 Å². The van der Waals surface area contributed by atoms with Crippen molar-refractivity contribution in [2.75, 3.05) is 5.73 Å². The number of anilines is 1. The highest BCUT2D eigenvalue weighted by Crippen LogP contribution is 2.31. The molecule has 6 heteroatoms. The molecule has 2 unspecified atom stereocenters. The summed E-state index contributed by atoms with van der Waals surface area (Å²) in [5.74, 6) is -0.421. The fraction of sp³-hybridized carbons (Fsp3) is 0.455. The van der Waals surface area contributed by atoms with Crippen molar-refractivity contribution < 1.29 is 12.8 Å². The highest BCUT2D eigenvalue weighted by atomic mass is 32.2. The van der Waals surface area contributed by atoms with Crippen molar-refractivity contribution >= 4 is 15.7 Å². The number of nitrogens with one attached hydrogen (secondary N) is 1. The molecule has 0 saturated heterocycles. The molecule has 1 aromatic rings. The average Bonchev–Trinajstić information content (AvgIpc) is 2.86. The Morgan fingerprint density at radius 3 is 2.59 bits per heavy atom. The lowest BCUT2D eigenvalue weighted by Crippen LogP contribution is -2.28. The Morgan fingerprint density at radius 2 is 2.06 bits per heavy atom. The molecule has 0 amide bonds. The molecule has 0 aliphatic heterocycles. The van der Waals surface area contributed by atoms with Crippen molar-refractivity contribution in [1.82, 2.24) is 4.72 Å². The molecule has 2 atom stereocenters. The van der Waals surface area contributed by atoms with Crippen molar-refractivity contribution in [2.24, 2.45) is 5.92 Å². The van der Waals surface area contributed by atoms with Crippen LogP contribution in [0.5, 0.6) is 0 Å². The average molecular weight is 258 g/mol. The summed E-state index contributed by atoms with van der Waals surface area (Å²) in [4.78, 5) is -0.367. The SMILES string of the molecule is Cc1cc(N)cc(S(=O)(=O)NC2CC2C)c1F. The van der Waals surface area contributed by atoms with Gasteiger partial charge in [0, 0.05) is 11.7 Å². The van der Waals surface area contributed by atoms with E-state index >= 15 is 0 Å². The van der Waals surface area contributed by atoms with Crippen LogP contribution in [0, 0.1) is 18.7 Å². The van der Waals surface area contributed by atoms with Gasteiger partial charge >= 0.3 is 0 Å². The number of aryl methyl sites for hydroxylation is 1. The van der Waals surface area contributed by atoms with Crippen LogP contribution in [0.25, 0.3) is 0 Å². The molecule has 2 rings (SSSR count). The van der Waals surface area contributed by atoms with Gasteiger partial charge in [-0.1, -0.05) is 6.92 Å². The maximum atomic E-state index is 13.8. The Kier molecular flexibility index (Phi) is 2.87. The molecular weight excluding hydrogens is 243 g/mol. The largest absolute Gasteiger partial charge is 0.399 e. The summed E-state index contributed by atoms with van der Waals surface area (Å²) >= 11 is 0. The Hall–Kier alpha value is -1.14. The van der Waals surface area contributed by atoms with Crippen LogP contribution in [0.2, 0.25) is 0 Å². The van der Waals surface area contributed by atoms with Gasteiger partial charge in [0.2, 0.25) is 10.0 Å². The van der Waals surface area contributed by atoms with E-state index in [-0.39, 0.29) is 22.2 Å². The van der Waals surface area contributed by atoms with Crippen molar-refractivity contribution in [3.05, 3.63) is 23.5 Å². The Bertz CT molecular complexity index is 557. The minimum atomic E-state index is -3.81. The van der Waals surface area contributed by atoms with Gasteiger partial charge in [-0.2, -0.15) is 0 Å². The van der Waals surface area contributed by atoms with Crippen LogP contribution in [0.15, 0.2) is 17.0 Å². The fourth-order valence-electron chi connectivity index (χ4n) is 1.71. The number of halogens is 1. The van der Waals surface area contributed by atoms with E-state index in [1.807, 2.05) is 6.92 Å². The van der Waals surface area contributed by atoms with Gasteiger partial charge in [0.05, 0.1) is 0 Å². The maximum Gasteiger partial charge on any atom is 0.243 e. The summed E-state index contributed by atoms with van der Waals surface area (Å²) in [7, 11) is -3.81. The minimum absolute atomic E-state index is 0.0823. The summed E-state index contributed by atoms with van der Waals surface area (Å²) in [6, 6.07) is 2.48. The minimum Gasteiger partial charge on any atom is -0.399 e. The number of benzene rings is 1. The number of nitrogen functional groups attached to an aromatic ring is 1. The monoisotopic (exact) mass is 258 g/mol. The molecule has 94 valence electrons. The van der Waals surface area contributed by atoms with Crippen LogP contribution in [0.1, 0.15) is 18.9 Å². The van der Waals surface area contributed by atoms with Crippen LogP contribution >= 0.6 is 0 Å². The van der Waals surface area contributed by atoms with Crippen LogP contribution in [-0.4, -0.2) is 14.5 Å². The van der Waals surface area contributed by atoms with Crippen LogP contribution in [0.4, 0.5) is 10.1 Å². The molecule has 1 aliphatic carbocycles. The lowest BCUT2D eigenvalue weighted by molar-refractivity contribution is 0.551. The predicted molar refractivity (Wildman–Crippen MR) is 63.4 cm³/mol. The molecule has 1 aliphatic rings. The molecule has 1 aromatic carbocycles. The molecule has 0 bridgehead atoms. The van der Waals surface area contributed by atoms with Gasteiger partial charge in [-0.05, 0) is 37.0 Å². The Labute approximate surface area is 100 Å². The molecular formula is C11H15FN2O2S. The normalized spacial score (nSPS) is 23.7. The number of hydrogen-bond donors (Lipinski definition) is 2. The standard InChI is InChI=1S/C11H15FN2O2S/c1-6-4-9(6)14-17(15,16)10-5-8(13)3-7(2)11(10)12/h3,5-6,9,14H,4,13H2,1-2H3. The topological polar surface area (TPSA) is 72.2 Å². The summed E-state index contributed by atoms with van der Waals surface area (Å²) in [5, 5.41) is 0. The zero-order valence-corrected chi connectivity index (χ0v) is 10.5. The van der Waals surface area contributed by atoms with E-state index < -0.39 is 15.8 Å². The zero-order chi connectivity index (χ0) is 12.8. The smallest absolute Gasteiger partial charge is 0.243 e. The first kappa shape index (κ1) is 12.3. The second kappa shape index (κ2) is 3.96. The second-order valence-corrected chi connectivity index (χ2v) is 6.27. The van der Waals surface area contributed by atoms with Crippen molar-refractivity contribution in [3.8, 4) is 0 Å². The molecule has 0 aromatic heterocycles. The summed E-state index contributed by atoms with van der Waals surface area (Å²) in [6.45, 7) is 3.43. The molecule has 1 fully saturated rings. The van der Waals surface area contributed by atoms with Crippen molar-refractivity contribution in [1.29, 1.82) is 0 Å². The van der Waals surface area contributed by atoms with Crippen LogP contribution in [-0.2, 0) is 10.0 Å². The van der Waals surface area contributed by atoms with E-state index in [1.54, 1.807) is 0 Å². The first-order valence-electron chi connectivity index (χ1n) is 5.39. The van der Waals surface area contributed by atoms with E-state index in [9.17, 15) is 12.8 Å². The quantitative estimate of drug-likeness (QED) is 0.805. The second-order valence-electron chi connectivity index (χ2n) is 4.59. The molecule has 0 heterocycles. The van der Waals surface area contributed by atoms with Crippen molar-refractivity contribution in [2.45, 2.75) is 31.2 Å². The molecule has 3 N–H and O–H groups in total. The third-order valence-corrected chi connectivity index (χ3v) is 4.44. The van der Waals surface area contributed by atoms with Gasteiger partial charge < -0.3 is 5.73 Å². The summed E-state index contributed by atoms with van der Waals surface area (Å²) in [6.07, 6.45) is 0.794. The maximum absolute atomic E-state index is 13.8. The lowest BCUT2D eigenvalue weighted by Gasteiger charge is -2.09. The Morgan fingerprint density at radius 1 is 1.47 bits per heavy atom. The van der Waals surface area contributed by atoms with Crippen LogP contribution in [0.3, 0.4) is 0 Å². The molecule has 1 saturated carbocycles. The third kappa shape index (κ3) is 2.42. The molecule has 4 nitrogen and oxygen atoms in total. The number of rotatable bonds is 3. The number of nitrogens with two attached hydrogens (primary N) is 1. The van der Waals surface area contributed by atoms with Gasteiger partial charge in [0.15, 0.2) is 0 Å². The summed E-state index contributed by atoms with van der Waals surface area (Å²) < 4.78 is 40.1. The highest BCUT2D eigenvalue weighted by Gasteiger charge is 2.37. The van der Waals surface area contributed by atoms with Crippen molar-refractivity contribution in [3.63, 3.8) is 0 Å². The first-order valence-corrected chi connectivity index (χ1v) is 6.87. The van der Waals surface area contributed by atoms with Gasteiger partial charge in [-0.15, -0.1) is 0 Å². The van der Waals surface area contributed by atoms with Gasteiger partial charge in [-0.25, -0.2) is 17.5 Å². The molecule has 17 heavy (non-hydrogen) atoms. The predicted octanol–water partition coefficient (Wildman–Crippen LogP) is 1.40.